The molecule has 4 aromatic rings. The van der Waals surface area contributed by atoms with Gasteiger partial charge in [0.1, 0.15) is 27.5 Å². The van der Waals surface area contributed by atoms with Crippen LogP contribution in [0.25, 0.3) is 22.1 Å². The van der Waals surface area contributed by atoms with Crippen molar-refractivity contribution in [1.29, 1.82) is 0 Å². The summed E-state index contributed by atoms with van der Waals surface area (Å²) in [6.07, 6.45) is 0. The summed E-state index contributed by atoms with van der Waals surface area (Å²) in [6.45, 7) is 1.80. The molecule has 0 saturated carbocycles. The molecule has 6 nitrogen and oxygen atoms in total. The molecule has 0 aliphatic rings. The number of benzene rings is 2. The zero-order valence-electron chi connectivity index (χ0n) is 16.6. The summed E-state index contributed by atoms with van der Waals surface area (Å²) >= 11 is 4.44. The predicted molar refractivity (Wildman–Crippen MR) is 124 cm³/mol. The summed E-state index contributed by atoms with van der Waals surface area (Å²) < 4.78 is 24.5. The lowest BCUT2D eigenvalue weighted by atomic mass is 10.0. The second kappa shape index (κ2) is 9.05. The maximum absolute atomic E-state index is 13.3. The van der Waals surface area contributed by atoms with Gasteiger partial charge in [0.25, 0.3) is 5.91 Å². The van der Waals surface area contributed by atoms with Crippen LogP contribution in [0.4, 0.5) is 9.39 Å². The van der Waals surface area contributed by atoms with E-state index in [0.717, 1.165) is 15.8 Å². The van der Waals surface area contributed by atoms with Crippen LogP contribution < -0.4 is 10.9 Å². The van der Waals surface area contributed by atoms with Crippen LogP contribution in [0.2, 0.25) is 0 Å². The first-order chi connectivity index (χ1) is 15.4. The molecule has 0 aliphatic carbocycles. The van der Waals surface area contributed by atoms with Crippen LogP contribution in [-0.4, -0.2) is 18.5 Å². The minimum Gasteiger partial charge on any atom is -0.462 e. The van der Waals surface area contributed by atoms with E-state index in [1.807, 2.05) is 0 Å². The molecule has 0 spiro atoms. The van der Waals surface area contributed by atoms with Gasteiger partial charge in [-0.3, -0.25) is 4.79 Å². The van der Waals surface area contributed by atoms with Gasteiger partial charge >= 0.3 is 11.6 Å². The number of halogens is 2. The largest absolute Gasteiger partial charge is 0.462 e. The third-order valence-corrected chi connectivity index (χ3v) is 5.98. The van der Waals surface area contributed by atoms with Crippen molar-refractivity contribution in [3.05, 3.63) is 85.7 Å². The van der Waals surface area contributed by atoms with Crippen LogP contribution in [0.5, 0.6) is 0 Å². The summed E-state index contributed by atoms with van der Waals surface area (Å²) in [7, 11) is 0. The van der Waals surface area contributed by atoms with Gasteiger partial charge in [0.05, 0.1) is 6.61 Å². The fourth-order valence-corrected chi connectivity index (χ4v) is 4.45. The highest BCUT2D eigenvalue weighted by atomic mass is 79.9. The van der Waals surface area contributed by atoms with Gasteiger partial charge < -0.3 is 14.5 Å². The number of rotatable bonds is 5. The molecule has 1 amide bonds. The first-order valence-corrected chi connectivity index (χ1v) is 11.1. The van der Waals surface area contributed by atoms with Crippen molar-refractivity contribution in [2.45, 2.75) is 6.92 Å². The van der Waals surface area contributed by atoms with Crippen molar-refractivity contribution in [2.24, 2.45) is 0 Å². The van der Waals surface area contributed by atoms with Crippen molar-refractivity contribution in [1.82, 2.24) is 0 Å². The first kappa shape index (κ1) is 21.9. The number of amides is 1. The van der Waals surface area contributed by atoms with Crippen molar-refractivity contribution >= 4 is 55.1 Å². The van der Waals surface area contributed by atoms with E-state index in [9.17, 15) is 18.8 Å². The summed E-state index contributed by atoms with van der Waals surface area (Å²) in [5.41, 5.74) is 0.536. The van der Waals surface area contributed by atoms with Crippen LogP contribution in [-0.2, 0) is 4.74 Å². The number of esters is 1. The Labute approximate surface area is 193 Å². The van der Waals surface area contributed by atoms with Crippen LogP contribution >= 0.6 is 27.3 Å². The minimum atomic E-state index is -0.801. The lowest BCUT2D eigenvalue weighted by molar-refractivity contribution is 0.0529. The number of nitrogens with one attached hydrogen (secondary N) is 1. The van der Waals surface area contributed by atoms with Crippen molar-refractivity contribution in [3.8, 4) is 11.1 Å². The SMILES string of the molecule is CCOC(=O)c1c(-c2ccc(F)cc2)csc1NC(=O)c1cc2cc(Br)ccc2oc1=O. The number of thiophene rings is 1. The second-order valence-corrected chi connectivity index (χ2v) is 8.46. The number of carbonyl (C=O) groups excluding carboxylic acids is 2. The maximum atomic E-state index is 13.3. The zero-order valence-corrected chi connectivity index (χ0v) is 19.0. The summed E-state index contributed by atoms with van der Waals surface area (Å²) in [5.74, 6) is -1.78. The van der Waals surface area contributed by atoms with Gasteiger partial charge in [0, 0.05) is 20.8 Å². The Morgan fingerprint density at radius 3 is 2.62 bits per heavy atom. The van der Waals surface area contributed by atoms with E-state index in [2.05, 4.69) is 21.2 Å². The average Bonchev–Trinajstić information content (AvgIpc) is 3.17. The van der Waals surface area contributed by atoms with Gasteiger partial charge in [-0.15, -0.1) is 11.3 Å². The van der Waals surface area contributed by atoms with E-state index in [1.54, 1.807) is 30.5 Å². The van der Waals surface area contributed by atoms with E-state index < -0.39 is 23.3 Å². The molecule has 0 saturated heterocycles. The lowest BCUT2D eigenvalue weighted by Gasteiger charge is -2.09. The topological polar surface area (TPSA) is 85.6 Å². The first-order valence-electron chi connectivity index (χ1n) is 9.46. The molecule has 0 aliphatic heterocycles. The Kier molecular flexibility index (Phi) is 6.20. The molecule has 0 unspecified atom stereocenters. The van der Waals surface area contributed by atoms with Gasteiger partial charge in [-0.05, 0) is 48.9 Å². The quantitative estimate of drug-likeness (QED) is 0.266. The molecule has 0 atom stereocenters. The molecule has 4 rings (SSSR count). The lowest BCUT2D eigenvalue weighted by Crippen LogP contribution is -2.21. The highest BCUT2D eigenvalue weighted by molar-refractivity contribution is 9.10. The predicted octanol–water partition coefficient (Wildman–Crippen LogP) is 5.85. The normalized spacial score (nSPS) is 10.8. The molecule has 162 valence electrons. The molecule has 32 heavy (non-hydrogen) atoms. The standard InChI is InChI=1S/C23H15BrFNO5S/c1-2-30-23(29)19-17(12-3-6-15(25)7-4-12)11-32-21(19)26-20(27)16-10-13-9-14(24)5-8-18(13)31-22(16)28/h3-11H,2H2,1H3,(H,26,27). The van der Waals surface area contributed by atoms with E-state index in [1.165, 1.54) is 30.3 Å². The van der Waals surface area contributed by atoms with Crippen LogP contribution in [0.3, 0.4) is 0 Å². The Balaban J connectivity index is 1.74. The molecular formula is C23H15BrFNO5S. The van der Waals surface area contributed by atoms with E-state index in [0.29, 0.717) is 22.1 Å². The molecule has 0 radical (unpaired) electrons. The summed E-state index contributed by atoms with van der Waals surface area (Å²) in [6, 6.07) is 12.1. The van der Waals surface area contributed by atoms with Crippen LogP contribution in [0.15, 0.2) is 67.6 Å². The Morgan fingerprint density at radius 2 is 1.91 bits per heavy atom. The number of fused-ring (bicyclic) bond motifs is 1. The number of hydrogen-bond acceptors (Lipinski definition) is 6. The molecule has 2 aromatic carbocycles. The number of carbonyl (C=O) groups is 2. The fourth-order valence-electron chi connectivity index (χ4n) is 3.12. The molecule has 1 N–H and O–H groups in total. The Morgan fingerprint density at radius 1 is 1.16 bits per heavy atom. The molecule has 2 aromatic heterocycles. The Bertz CT molecular complexity index is 1390. The number of ether oxygens (including phenoxy) is 1. The third kappa shape index (κ3) is 4.35. The summed E-state index contributed by atoms with van der Waals surface area (Å²) in [4.78, 5) is 37.9. The van der Waals surface area contributed by atoms with E-state index in [4.69, 9.17) is 9.15 Å². The number of hydrogen-bond donors (Lipinski definition) is 1. The highest BCUT2D eigenvalue weighted by Crippen LogP contribution is 2.36. The minimum absolute atomic E-state index is 0.129. The number of anilines is 1. The molecule has 2 heterocycles. The van der Waals surface area contributed by atoms with Gasteiger partial charge in [0.15, 0.2) is 0 Å². The highest BCUT2D eigenvalue weighted by Gasteiger charge is 2.24. The van der Waals surface area contributed by atoms with Gasteiger partial charge in [-0.2, -0.15) is 0 Å². The summed E-state index contributed by atoms with van der Waals surface area (Å²) in [5, 5.41) is 5.06. The monoisotopic (exact) mass is 515 g/mol. The molecule has 0 bridgehead atoms. The van der Waals surface area contributed by atoms with Crippen LogP contribution in [0.1, 0.15) is 27.6 Å². The average molecular weight is 516 g/mol. The van der Waals surface area contributed by atoms with Gasteiger partial charge in [0.2, 0.25) is 0 Å². The molecule has 9 heteroatoms. The smallest absolute Gasteiger partial charge is 0.349 e. The van der Waals surface area contributed by atoms with Gasteiger partial charge in [-0.25, -0.2) is 14.0 Å². The second-order valence-electron chi connectivity index (χ2n) is 6.66. The molecule has 0 fully saturated rings. The fraction of sp³-hybridized carbons (Fsp3) is 0.0870. The van der Waals surface area contributed by atoms with E-state index >= 15 is 0 Å². The van der Waals surface area contributed by atoms with E-state index in [-0.39, 0.29) is 22.7 Å². The van der Waals surface area contributed by atoms with Crippen molar-refractivity contribution in [3.63, 3.8) is 0 Å². The van der Waals surface area contributed by atoms with Crippen molar-refractivity contribution in [2.75, 3.05) is 11.9 Å². The third-order valence-electron chi connectivity index (χ3n) is 4.59. The van der Waals surface area contributed by atoms with Gasteiger partial charge in [-0.1, -0.05) is 28.1 Å². The van der Waals surface area contributed by atoms with Crippen LogP contribution in [0, 0.1) is 5.82 Å². The van der Waals surface area contributed by atoms with Crippen molar-refractivity contribution < 1.29 is 23.1 Å². The maximum Gasteiger partial charge on any atom is 0.349 e. The molecular weight excluding hydrogens is 501 g/mol. The zero-order chi connectivity index (χ0) is 22.8. The Hall–Kier alpha value is -3.30.